The summed E-state index contributed by atoms with van der Waals surface area (Å²) in [6.45, 7) is 0.722. The van der Waals surface area contributed by atoms with E-state index in [1.54, 1.807) is 6.20 Å². The SMILES string of the molecule is O=C(O)CC1CC2CCC(C1)N2Cc1cncc(F)c1. The molecule has 5 heteroatoms. The van der Waals surface area contributed by atoms with E-state index in [2.05, 4.69) is 9.88 Å². The molecule has 0 saturated carbocycles. The average Bonchev–Trinajstić information content (AvgIpc) is 2.61. The second-order valence-corrected chi connectivity index (χ2v) is 6.00. The Labute approximate surface area is 117 Å². The maximum Gasteiger partial charge on any atom is 0.303 e. The van der Waals surface area contributed by atoms with Crippen LogP contribution in [0.5, 0.6) is 0 Å². The molecule has 3 rings (SSSR count). The molecule has 2 saturated heterocycles. The molecule has 0 radical (unpaired) electrons. The van der Waals surface area contributed by atoms with Crippen molar-refractivity contribution in [1.82, 2.24) is 9.88 Å². The molecular weight excluding hydrogens is 259 g/mol. The highest BCUT2D eigenvalue weighted by atomic mass is 19.1. The number of pyridine rings is 1. The highest BCUT2D eigenvalue weighted by Gasteiger charge is 2.40. The normalized spacial score (nSPS) is 29.6. The van der Waals surface area contributed by atoms with Crippen LogP contribution < -0.4 is 0 Å². The predicted molar refractivity (Wildman–Crippen MR) is 71.5 cm³/mol. The van der Waals surface area contributed by atoms with Crippen LogP contribution in [-0.2, 0) is 11.3 Å². The molecule has 2 fully saturated rings. The summed E-state index contributed by atoms with van der Waals surface area (Å²) in [6, 6.07) is 2.43. The summed E-state index contributed by atoms with van der Waals surface area (Å²) < 4.78 is 13.2. The zero-order valence-corrected chi connectivity index (χ0v) is 11.3. The Bertz CT molecular complexity index is 494. The highest BCUT2D eigenvalue weighted by Crippen LogP contribution is 2.40. The number of carbonyl (C=O) groups is 1. The summed E-state index contributed by atoms with van der Waals surface area (Å²) in [5.74, 6) is -0.695. The summed E-state index contributed by atoms with van der Waals surface area (Å²) in [4.78, 5) is 17.2. The van der Waals surface area contributed by atoms with Gasteiger partial charge in [-0.25, -0.2) is 4.39 Å². The van der Waals surface area contributed by atoms with Gasteiger partial charge >= 0.3 is 5.97 Å². The first kappa shape index (κ1) is 13.5. The fraction of sp³-hybridized carbons (Fsp3) is 0.600. The number of rotatable bonds is 4. The Morgan fingerprint density at radius 1 is 1.35 bits per heavy atom. The van der Waals surface area contributed by atoms with Crippen LogP contribution in [0.3, 0.4) is 0 Å². The van der Waals surface area contributed by atoms with Crippen LogP contribution in [0.4, 0.5) is 4.39 Å². The van der Waals surface area contributed by atoms with Crippen LogP contribution >= 0.6 is 0 Å². The third-order valence-corrected chi connectivity index (χ3v) is 4.57. The molecule has 3 heterocycles. The largest absolute Gasteiger partial charge is 0.481 e. The molecule has 2 aliphatic heterocycles. The lowest BCUT2D eigenvalue weighted by Crippen LogP contribution is -2.42. The number of carboxylic acid groups (broad SMARTS) is 1. The molecule has 4 nitrogen and oxygen atoms in total. The molecule has 1 aromatic heterocycles. The van der Waals surface area contributed by atoms with Gasteiger partial charge in [0.25, 0.3) is 0 Å². The molecule has 0 aliphatic carbocycles. The van der Waals surface area contributed by atoms with Crippen molar-refractivity contribution in [3.8, 4) is 0 Å². The fourth-order valence-electron chi connectivity index (χ4n) is 3.81. The third-order valence-electron chi connectivity index (χ3n) is 4.57. The van der Waals surface area contributed by atoms with E-state index in [0.29, 0.717) is 18.0 Å². The third kappa shape index (κ3) is 2.82. The highest BCUT2D eigenvalue weighted by molar-refractivity contribution is 5.67. The van der Waals surface area contributed by atoms with Crippen molar-refractivity contribution in [2.45, 2.75) is 50.7 Å². The number of halogens is 1. The van der Waals surface area contributed by atoms with Gasteiger partial charge in [0.05, 0.1) is 6.20 Å². The van der Waals surface area contributed by atoms with Crippen molar-refractivity contribution in [3.63, 3.8) is 0 Å². The fourth-order valence-corrected chi connectivity index (χ4v) is 3.81. The van der Waals surface area contributed by atoms with Crippen molar-refractivity contribution in [2.24, 2.45) is 5.92 Å². The van der Waals surface area contributed by atoms with E-state index in [1.807, 2.05) is 0 Å². The average molecular weight is 278 g/mol. The van der Waals surface area contributed by atoms with Gasteiger partial charge in [-0.3, -0.25) is 14.7 Å². The molecule has 0 amide bonds. The van der Waals surface area contributed by atoms with Crippen molar-refractivity contribution in [1.29, 1.82) is 0 Å². The van der Waals surface area contributed by atoms with Gasteiger partial charge in [0.2, 0.25) is 0 Å². The number of hydrogen-bond donors (Lipinski definition) is 1. The number of aliphatic carboxylic acids is 1. The van der Waals surface area contributed by atoms with E-state index in [4.69, 9.17) is 5.11 Å². The zero-order chi connectivity index (χ0) is 14.1. The van der Waals surface area contributed by atoms with Crippen molar-refractivity contribution >= 4 is 5.97 Å². The second kappa shape index (κ2) is 5.48. The Morgan fingerprint density at radius 2 is 2.05 bits per heavy atom. The molecule has 2 unspecified atom stereocenters. The Kier molecular flexibility index (Phi) is 3.70. The number of piperidine rings is 1. The zero-order valence-electron chi connectivity index (χ0n) is 11.3. The Morgan fingerprint density at radius 3 is 2.65 bits per heavy atom. The molecule has 2 aliphatic rings. The van der Waals surface area contributed by atoms with Crippen LogP contribution in [0.1, 0.15) is 37.7 Å². The number of nitrogens with zero attached hydrogens (tertiary/aromatic N) is 2. The predicted octanol–water partition coefficient (Wildman–Crippen LogP) is 2.44. The maximum absolute atomic E-state index is 13.2. The van der Waals surface area contributed by atoms with E-state index < -0.39 is 5.97 Å². The molecular formula is C15H19FN2O2. The second-order valence-electron chi connectivity index (χ2n) is 6.00. The van der Waals surface area contributed by atoms with Crippen LogP contribution in [-0.4, -0.2) is 33.0 Å². The van der Waals surface area contributed by atoms with E-state index >= 15 is 0 Å². The first-order valence-corrected chi connectivity index (χ1v) is 7.19. The molecule has 108 valence electrons. The van der Waals surface area contributed by atoms with Crippen LogP contribution in [0.15, 0.2) is 18.5 Å². The van der Waals surface area contributed by atoms with Gasteiger partial charge in [-0.05, 0) is 43.2 Å². The molecule has 1 N–H and O–H groups in total. The number of hydrogen-bond acceptors (Lipinski definition) is 3. The van der Waals surface area contributed by atoms with E-state index in [-0.39, 0.29) is 12.2 Å². The quantitative estimate of drug-likeness (QED) is 0.919. The molecule has 20 heavy (non-hydrogen) atoms. The summed E-state index contributed by atoms with van der Waals surface area (Å²) >= 11 is 0. The van der Waals surface area contributed by atoms with Gasteiger partial charge < -0.3 is 5.11 Å². The summed E-state index contributed by atoms with van der Waals surface area (Å²) in [5.41, 5.74) is 0.901. The van der Waals surface area contributed by atoms with Gasteiger partial charge in [-0.15, -0.1) is 0 Å². The van der Waals surface area contributed by atoms with Gasteiger partial charge in [-0.1, -0.05) is 0 Å². The smallest absolute Gasteiger partial charge is 0.303 e. The minimum absolute atomic E-state index is 0.280. The molecule has 2 bridgehead atoms. The number of aromatic nitrogens is 1. The molecule has 2 atom stereocenters. The number of fused-ring (bicyclic) bond motifs is 2. The van der Waals surface area contributed by atoms with E-state index in [9.17, 15) is 9.18 Å². The maximum atomic E-state index is 13.2. The van der Waals surface area contributed by atoms with Gasteiger partial charge in [0.15, 0.2) is 0 Å². The van der Waals surface area contributed by atoms with Gasteiger partial charge in [0.1, 0.15) is 5.82 Å². The monoisotopic (exact) mass is 278 g/mol. The first-order chi connectivity index (χ1) is 9.61. The van der Waals surface area contributed by atoms with Crippen LogP contribution in [0.25, 0.3) is 0 Å². The van der Waals surface area contributed by atoms with Crippen LogP contribution in [0.2, 0.25) is 0 Å². The first-order valence-electron chi connectivity index (χ1n) is 7.19. The lowest BCUT2D eigenvalue weighted by molar-refractivity contribution is -0.138. The molecule has 1 aromatic rings. The van der Waals surface area contributed by atoms with Crippen LogP contribution in [0, 0.1) is 11.7 Å². The van der Waals surface area contributed by atoms with Crippen molar-refractivity contribution in [2.75, 3.05) is 0 Å². The van der Waals surface area contributed by atoms with Gasteiger partial charge in [0, 0.05) is 31.2 Å². The minimum atomic E-state index is -0.697. The van der Waals surface area contributed by atoms with E-state index in [1.165, 1.54) is 12.3 Å². The topological polar surface area (TPSA) is 53.4 Å². The molecule has 0 aromatic carbocycles. The summed E-state index contributed by atoms with van der Waals surface area (Å²) in [7, 11) is 0. The van der Waals surface area contributed by atoms with Crippen molar-refractivity contribution < 1.29 is 14.3 Å². The summed E-state index contributed by atoms with van der Waals surface area (Å²) in [6.07, 6.45) is 7.37. The summed E-state index contributed by atoms with van der Waals surface area (Å²) in [5, 5.41) is 8.93. The number of carboxylic acids is 1. The van der Waals surface area contributed by atoms with E-state index in [0.717, 1.165) is 37.8 Å². The van der Waals surface area contributed by atoms with Crippen molar-refractivity contribution in [3.05, 3.63) is 29.8 Å². The lowest BCUT2D eigenvalue weighted by Gasteiger charge is -2.38. The Hall–Kier alpha value is -1.49. The van der Waals surface area contributed by atoms with Gasteiger partial charge in [-0.2, -0.15) is 0 Å². The minimum Gasteiger partial charge on any atom is -0.481 e. The lowest BCUT2D eigenvalue weighted by atomic mass is 9.88. The standard InChI is InChI=1S/C15H19FN2O2/c16-12-3-11(7-17-8-12)9-18-13-1-2-14(18)5-10(4-13)6-15(19)20/h3,7-8,10,13-14H,1-2,4-6,9H2,(H,19,20). The molecule has 0 spiro atoms. The Balaban J connectivity index is 1.66.